The summed E-state index contributed by atoms with van der Waals surface area (Å²) in [5, 5.41) is 6.32. The SMILES string of the molecule is Nc1ccn(CC(=O)Nc2ccc(Br)cc2F)n1. The van der Waals surface area contributed by atoms with Gasteiger partial charge in [0.05, 0.1) is 5.69 Å². The number of anilines is 2. The molecule has 1 aromatic carbocycles. The fourth-order valence-corrected chi connectivity index (χ4v) is 1.73. The quantitative estimate of drug-likeness (QED) is 0.910. The number of rotatable bonds is 3. The Balaban J connectivity index is 2.03. The highest BCUT2D eigenvalue weighted by atomic mass is 79.9. The van der Waals surface area contributed by atoms with E-state index in [-0.39, 0.29) is 18.1 Å². The largest absolute Gasteiger partial charge is 0.382 e. The second kappa shape index (κ2) is 5.18. The molecule has 0 aliphatic carbocycles. The van der Waals surface area contributed by atoms with Crippen molar-refractivity contribution >= 4 is 33.3 Å². The summed E-state index contributed by atoms with van der Waals surface area (Å²) in [6.45, 7) is -0.0211. The van der Waals surface area contributed by atoms with E-state index in [1.165, 1.54) is 16.8 Å². The van der Waals surface area contributed by atoms with E-state index in [0.717, 1.165) is 0 Å². The van der Waals surface area contributed by atoms with Gasteiger partial charge in [-0.25, -0.2) is 4.39 Å². The number of hydrogen-bond donors (Lipinski definition) is 2. The Hall–Kier alpha value is -1.89. The Morgan fingerprint density at radius 1 is 1.50 bits per heavy atom. The summed E-state index contributed by atoms with van der Waals surface area (Å²) >= 11 is 3.14. The summed E-state index contributed by atoms with van der Waals surface area (Å²) in [5.41, 5.74) is 5.55. The van der Waals surface area contributed by atoms with Crippen LogP contribution in [0.2, 0.25) is 0 Å². The third-order valence-electron chi connectivity index (χ3n) is 2.17. The monoisotopic (exact) mass is 312 g/mol. The third-order valence-corrected chi connectivity index (χ3v) is 2.67. The van der Waals surface area contributed by atoms with Crippen molar-refractivity contribution in [3.8, 4) is 0 Å². The van der Waals surface area contributed by atoms with E-state index >= 15 is 0 Å². The molecule has 5 nitrogen and oxygen atoms in total. The summed E-state index contributed by atoms with van der Waals surface area (Å²) in [4.78, 5) is 11.6. The van der Waals surface area contributed by atoms with Crippen LogP contribution in [-0.4, -0.2) is 15.7 Å². The molecule has 3 N–H and O–H groups in total. The minimum absolute atomic E-state index is 0.0211. The van der Waals surface area contributed by atoms with Crippen LogP contribution in [0.4, 0.5) is 15.9 Å². The van der Waals surface area contributed by atoms with Crippen molar-refractivity contribution in [2.45, 2.75) is 6.54 Å². The van der Waals surface area contributed by atoms with Crippen molar-refractivity contribution in [2.24, 2.45) is 0 Å². The van der Waals surface area contributed by atoms with Gasteiger partial charge in [0.25, 0.3) is 0 Å². The van der Waals surface area contributed by atoms with Crippen LogP contribution in [0.15, 0.2) is 34.9 Å². The fourth-order valence-electron chi connectivity index (χ4n) is 1.39. The molecule has 0 saturated heterocycles. The van der Waals surface area contributed by atoms with Gasteiger partial charge in [-0.3, -0.25) is 9.48 Å². The number of nitrogens with two attached hydrogens (primary N) is 1. The molecule has 1 amide bonds. The van der Waals surface area contributed by atoms with Gasteiger partial charge in [-0.15, -0.1) is 0 Å². The topological polar surface area (TPSA) is 72.9 Å². The Kier molecular flexibility index (Phi) is 3.61. The van der Waals surface area contributed by atoms with Crippen LogP contribution in [0.5, 0.6) is 0 Å². The first-order valence-electron chi connectivity index (χ1n) is 5.08. The number of nitrogens with zero attached hydrogens (tertiary/aromatic N) is 2. The smallest absolute Gasteiger partial charge is 0.246 e. The van der Waals surface area contributed by atoms with Crippen LogP contribution >= 0.6 is 15.9 Å². The molecule has 18 heavy (non-hydrogen) atoms. The number of carbonyl (C=O) groups is 1. The van der Waals surface area contributed by atoms with Crippen molar-refractivity contribution in [3.63, 3.8) is 0 Å². The third kappa shape index (κ3) is 3.07. The molecule has 1 heterocycles. The lowest BCUT2D eigenvalue weighted by atomic mass is 10.3. The van der Waals surface area contributed by atoms with Gasteiger partial charge in [-0.2, -0.15) is 5.10 Å². The highest BCUT2D eigenvalue weighted by Gasteiger charge is 2.08. The summed E-state index contributed by atoms with van der Waals surface area (Å²) in [5.74, 6) is -0.547. The molecular formula is C11H10BrFN4O. The van der Waals surface area contributed by atoms with Gasteiger partial charge in [0.2, 0.25) is 5.91 Å². The maximum Gasteiger partial charge on any atom is 0.246 e. The van der Waals surface area contributed by atoms with Crippen LogP contribution in [0.1, 0.15) is 0 Å². The summed E-state index contributed by atoms with van der Waals surface area (Å²) in [6, 6.07) is 5.98. The number of hydrogen-bond acceptors (Lipinski definition) is 3. The van der Waals surface area contributed by atoms with Gasteiger partial charge < -0.3 is 11.1 Å². The van der Waals surface area contributed by atoms with E-state index in [9.17, 15) is 9.18 Å². The van der Waals surface area contributed by atoms with Crippen LogP contribution in [0, 0.1) is 5.82 Å². The molecule has 1 aromatic heterocycles. The van der Waals surface area contributed by atoms with E-state index in [2.05, 4.69) is 26.3 Å². The van der Waals surface area contributed by atoms with Crippen molar-refractivity contribution in [1.29, 1.82) is 0 Å². The van der Waals surface area contributed by atoms with E-state index in [1.807, 2.05) is 0 Å². The van der Waals surface area contributed by atoms with Gasteiger partial charge in [-0.05, 0) is 24.3 Å². The second-order valence-corrected chi connectivity index (χ2v) is 4.53. The average Bonchev–Trinajstić information content (AvgIpc) is 2.68. The summed E-state index contributed by atoms with van der Waals surface area (Å²) in [6.07, 6.45) is 1.58. The maximum absolute atomic E-state index is 13.5. The molecule has 0 fully saturated rings. The molecule has 0 atom stereocenters. The fraction of sp³-hybridized carbons (Fsp3) is 0.0909. The molecular weight excluding hydrogens is 303 g/mol. The van der Waals surface area contributed by atoms with Crippen LogP contribution in [-0.2, 0) is 11.3 Å². The average molecular weight is 313 g/mol. The number of carbonyl (C=O) groups excluding carboxylic acids is 1. The summed E-state index contributed by atoms with van der Waals surface area (Å²) < 4.78 is 15.5. The first kappa shape index (κ1) is 12.6. The zero-order chi connectivity index (χ0) is 13.1. The standard InChI is InChI=1S/C11H10BrFN4O/c12-7-1-2-9(8(13)5-7)15-11(18)6-17-4-3-10(14)16-17/h1-5H,6H2,(H2,14,16)(H,15,18). The van der Waals surface area contributed by atoms with E-state index in [4.69, 9.17) is 5.73 Å². The molecule has 0 radical (unpaired) electrons. The zero-order valence-corrected chi connectivity index (χ0v) is 10.8. The van der Waals surface area contributed by atoms with Crippen molar-refractivity contribution in [1.82, 2.24) is 9.78 Å². The molecule has 7 heteroatoms. The maximum atomic E-state index is 13.5. The van der Waals surface area contributed by atoms with Gasteiger partial charge in [0, 0.05) is 10.7 Å². The van der Waals surface area contributed by atoms with Crippen molar-refractivity contribution in [2.75, 3.05) is 11.1 Å². The highest BCUT2D eigenvalue weighted by molar-refractivity contribution is 9.10. The number of aromatic nitrogens is 2. The Labute approximate surface area is 111 Å². The lowest BCUT2D eigenvalue weighted by Crippen LogP contribution is -2.19. The number of nitrogen functional groups attached to an aromatic ring is 1. The zero-order valence-electron chi connectivity index (χ0n) is 9.23. The second-order valence-electron chi connectivity index (χ2n) is 3.61. The molecule has 2 rings (SSSR count). The number of amides is 1. The minimum atomic E-state index is -0.502. The predicted molar refractivity (Wildman–Crippen MR) is 69.4 cm³/mol. The lowest BCUT2D eigenvalue weighted by Gasteiger charge is -2.06. The molecule has 0 aliphatic rings. The van der Waals surface area contributed by atoms with E-state index in [1.54, 1.807) is 18.3 Å². The van der Waals surface area contributed by atoms with Gasteiger partial charge in [0.15, 0.2) is 0 Å². The lowest BCUT2D eigenvalue weighted by molar-refractivity contribution is -0.116. The van der Waals surface area contributed by atoms with Crippen LogP contribution in [0.25, 0.3) is 0 Å². The van der Waals surface area contributed by atoms with Crippen molar-refractivity contribution in [3.05, 3.63) is 40.8 Å². The normalized spacial score (nSPS) is 10.3. The molecule has 0 unspecified atom stereocenters. The van der Waals surface area contributed by atoms with Gasteiger partial charge in [0.1, 0.15) is 18.2 Å². The molecule has 0 saturated carbocycles. The molecule has 0 bridgehead atoms. The Morgan fingerprint density at radius 3 is 2.89 bits per heavy atom. The van der Waals surface area contributed by atoms with E-state index < -0.39 is 5.82 Å². The minimum Gasteiger partial charge on any atom is -0.382 e. The Bertz CT molecular complexity index is 584. The van der Waals surface area contributed by atoms with Crippen LogP contribution in [0.3, 0.4) is 0 Å². The number of halogens is 2. The molecule has 94 valence electrons. The first-order valence-corrected chi connectivity index (χ1v) is 5.88. The summed E-state index contributed by atoms with van der Waals surface area (Å²) in [7, 11) is 0. The number of benzene rings is 1. The molecule has 0 spiro atoms. The Morgan fingerprint density at radius 2 is 2.28 bits per heavy atom. The highest BCUT2D eigenvalue weighted by Crippen LogP contribution is 2.19. The first-order chi connectivity index (χ1) is 8.54. The molecule has 2 aromatic rings. The van der Waals surface area contributed by atoms with Crippen molar-refractivity contribution < 1.29 is 9.18 Å². The van der Waals surface area contributed by atoms with Gasteiger partial charge in [-0.1, -0.05) is 15.9 Å². The van der Waals surface area contributed by atoms with E-state index in [0.29, 0.717) is 10.3 Å². The predicted octanol–water partition coefficient (Wildman–Crippen LogP) is 2.01. The molecule has 0 aliphatic heterocycles. The van der Waals surface area contributed by atoms with Gasteiger partial charge >= 0.3 is 0 Å². The van der Waals surface area contributed by atoms with Crippen LogP contribution < -0.4 is 11.1 Å². The number of nitrogens with one attached hydrogen (secondary N) is 1.